The molecule has 0 N–H and O–H groups in total. The SMILES string of the molecule is O=[N+]([O-])c1ccc(CN(Cc2ccc([N+](=O)[O-])cc2)c2ccc(F)c(F)c2)cc1. The lowest BCUT2D eigenvalue weighted by Crippen LogP contribution is -2.22. The minimum Gasteiger partial charge on any atom is -0.363 e. The molecule has 3 rings (SSSR count). The van der Waals surface area contributed by atoms with Gasteiger partial charge in [0.25, 0.3) is 11.4 Å². The second kappa shape index (κ2) is 8.42. The summed E-state index contributed by atoms with van der Waals surface area (Å²) in [6, 6.07) is 15.3. The van der Waals surface area contributed by atoms with Crippen LogP contribution in [0.4, 0.5) is 25.8 Å². The second-order valence-electron chi connectivity index (χ2n) is 6.30. The minimum absolute atomic E-state index is 0.0523. The van der Waals surface area contributed by atoms with Crippen molar-refractivity contribution in [3.8, 4) is 0 Å². The third-order valence-corrected chi connectivity index (χ3v) is 4.31. The Balaban J connectivity index is 1.89. The number of nitro groups is 2. The van der Waals surface area contributed by atoms with Gasteiger partial charge in [0.2, 0.25) is 0 Å². The highest BCUT2D eigenvalue weighted by Crippen LogP contribution is 2.24. The standard InChI is InChI=1S/C20H15F2N3O4/c21-19-10-9-18(11-20(19)22)23(12-14-1-5-16(6-2-14)24(26)27)13-15-3-7-17(8-4-15)25(28)29/h1-11H,12-13H2. The third-order valence-electron chi connectivity index (χ3n) is 4.31. The van der Waals surface area contributed by atoms with E-state index in [1.807, 2.05) is 0 Å². The first-order valence-corrected chi connectivity index (χ1v) is 8.50. The van der Waals surface area contributed by atoms with Gasteiger partial charge in [-0.1, -0.05) is 24.3 Å². The summed E-state index contributed by atoms with van der Waals surface area (Å²) in [5.41, 5.74) is 1.75. The van der Waals surface area contributed by atoms with Crippen molar-refractivity contribution in [2.75, 3.05) is 4.90 Å². The van der Waals surface area contributed by atoms with Gasteiger partial charge in [0.05, 0.1) is 9.85 Å². The van der Waals surface area contributed by atoms with Crippen molar-refractivity contribution in [1.82, 2.24) is 0 Å². The van der Waals surface area contributed by atoms with Crippen molar-refractivity contribution in [3.63, 3.8) is 0 Å². The highest BCUT2D eigenvalue weighted by molar-refractivity contribution is 5.49. The van der Waals surface area contributed by atoms with Crippen molar-refractivity contribution in [1.29, 1.82) is 0 Å². The summed E-state index contributed by atoms with van der Waals surface area (Å²) in [7, 11) is 0. The van der Waals surface area contributed by atoms with Gasteiger partial charge in [0, 0.05) is 49.1 Å². The lowest BCUT2D eigenvalue weighted by Gasteiger charge is -2.25. The maximum Gasteiger partial charge on any atom is 0.269 e. The average Bonchev–Trinajstić information content (AvgIpc) is 2.70. The Morgan fingerprint density at radius 1 is 0.690 bits per heavy atom. The number of hydrogen-bond donors (Lipinski definition) is 0. The normalized spacial score (nSPS) is 10.6. The van der Waals surface area contributed by atoms with E-state index in [4.69, 9.17) is 0 Å². The molecule has 0 radical (unpaired) electrons. The van der Waals surface area contributed by atoms with Gasteiger partial charge in [-0.25, -0.2) is 8.78 Å². The fourth-order valence-corrected chi connectivity index (χ4v) is 2.81. The van der Waals surface area contributed by atoms with Gasteiger partial charge in [0.15, 0.2) is 11.6 Å². The number of halogens is 2. The molecule has 9 heteroatoms. The predicted molar refractivity (Wildman–Crippen MR) is 102 cm³/mol. The lowest BCUT2D eigenvalue weighted by molar-refractivity contribution is -0.385. The maximum absolute atomic E-state index is 13.7. The fraction of sp³-hybridized carbons (Fsp3) is 0.100. The number of nitro benzene ring substituents is 2. The molecular weight excluding hydrogens is 384 g/mol. The molecule has 148 valence electrons. The van der Waals surface area contributed by atoms with Crippen molar-refractivity contribution in [2.45, 2.75) is 13.1 Å². The van der Waals surface area contributed by atoms with Crippen molar-refractivity contribution >= 4 is 17.1 Å². The molecule has 0 aromatic heterocycles. The number of rotatable bonds is 7. The fourth-order valence-electron chi connectivity index (χ4n) is 2.81. The zero-order chi connectivity index (χ0) is 21.0. The molecule has 0 saturated heterocycles. The first-order chi connectivity index (χ1) is 13.8. The molecule has 0 aliphatic carbocycles. The van der Waals surface area contributed by atoms with E-state index in [1.165, 1.54) is 30.3 Å². The molecule has 7 nitrogen and oxygen atoms in total. The molecule has 0 saturated carbocycles. The molecule has 0 fully saturated rings. The highest BCUT2D eigenvalue weighted by atomic mass is 19.2. The molecule has 29 heavy (non-hydrogen) atoms. The van der Waals surface area contributed by atoms with Gasteiger partial charge in [-0.05, 0) is 23.3 Å². The van der Waals surface area contributed by atoms with E-state index >= 15 is 0 Å². The Morgan fingerprint density at radius 3 is 1.52 bits per heavy atom. The van der Waals surface area contributed by atoms with Crippen LogP contribution in [-0.4, -0.2) is 9.85 Å². The van der Waals surface area contributed by atoms with Gasteiger partial charge in [-0.3, -0.25) is 20.2 Å². The molecule has 0 aliphatic rings. The van der Waals surface area contributed by atoms with Crippen molar-refractivity contribution < 1.29 is 18.6 Å². The lowest BCUT2D eigenvalue weighted by atomic mass is 10.1. The van der Waals surface area contributed by atoms with Crippen molar-refractivity contribution in [2.24, 2.45) is 0 Å². The van der Waals surface area contributed by atoms with E-state index < -0.39 is 21.5 Å². The van der Waals surface area contributed by atoms with Crippen LogP contribution in [0.2, 0.25) is 0 Å². The molecule has 0 bridgehead atoms. The van der Waals surface area contributed by atoms with E-state index in [2.05, 4.69) is 0 Å². The van der Waals surface area contributed by atoms with Gasteiger partial charge in [-0.2, -0.15) is 0 Å². The molecule has 3 aromatic rings. The minimum atomic E-state index is -1.00. The van der Waals surface area contributed by atoms with Crippen LogP contribution in [0.25, 0.3) is 0 Å². The Hall–Kier alpha value is -3.88. The first-order valence-electron chi connectivity index (χ1n) is 8.50. The van der Waals surface area contributed by atoms with Crippen molar-refractivity contribution in [3.05, 3.63) is 110 Å². The van der Waals surface area contributed by atoms with Gasteiger partial charge in [0.1, 0.15) is 0 Å². The van der Waals surface area contributed by atoms with Crippen LogP contribution in [0.1, 0.15) is 11.1 Å². The van der Waals surface area contributed by atoms with Crippen LogP contribution in [-0.2, 0) is 13.1 Å². The number of hydrogen-bond acceptors (Lipinski definition) is 5. The van der Waals surface area contributed by atoms with E-state index in [-0.39, 0.29) is 24.5 Å². The summed E-state index contributed by atoms with van der Waals surface area (Å²) in [5.74, 6) is -1.97. The summed E-state index contributed by atoms with van der Waals surface area (Å²) in [5, 5.41) is 21.6. The quantitative estimate of drug-likeness (QED) is 0.412. The Labute approximate surface area is 164 Å². The predicted octanol–water partition coefficient (Wildman–Crippen LogP) is 4.99. The topological polar surface area (TPSA) is 89.5 Å². The molecule has 0 spiro atoms. The van der Waals surface area contributed by atoms with Crippen LogP contribution < -0.4 is 4.90 Å². The summed E-state index contributed by atoms with van der Waals surface area (Å²) < 4.78 is 27.1. The van der Waals surface area contributed by atoms with E-state index in [1.54, 1.807) is 29.2 Å². The third kappa shape index (κ3) is 4.89. The summed E-state index contributed by atoms with van der Waals surface area (Å²) >= 11 is 0. The number of anilines is 1. The molecule has 0 atom stereocenters. The zero-order valence-corrected chi connectivity index (χ0v) is 15.0. The number of non-ortho nitro benzene ring substituents is 2. The Kier molecular flexibility index (Phi) is 5.77. The maximum atomic E-state index is 13.7. The van der Waals surface area contributed by atoms with E-state index in [0.717, 1.165) is 23.3 Å². The molecule has 0 aliphatic heterocycles. The van der Waals surface area contributed by atoms with Crippen LogP contribution in [0.5, 0.6) is 0 Å². The largest absolute Gasteiger partial charge is 0.363 e. The molecule has 3 aromatic carbocycles. The Morgan fingerprint density at radius 2 is 1.14 bits per heavy atom. The van der Waals surface area contributed by atoms with Crippen LogP contribution >= 0.6 is 0 Å². The molecule has 0 unspecified atom stereocenters. The molecule has 0 amide bonds. The second-order valence-corrected chi connectivity index (χ2v) is 6.30. The van der Waals surface area contributed by atoms with E-state index in [0.29, 0.717) is 5.69 Å². The van der Waals surface area contributed by atoms with Gasteiger partial charge in [-0.15, -0.1) is 0 Å². The van der Waals surface area contributed by atoms with E-state index in [9.17, 15) is 29.0 Å². The smallest absolute Gasteiger partial charge is 0.269 e. The molecular formula is C20H15F2N3O4. The monoisotopic (exact) mass is 399 g/mol. The molecule has 0 heterocycles. The summed E-state index contributed by atoms with van der Waals surface area (Å²) in [6.45, 7) is 0.528. The van der Waals surface area contributed by atoms with Gasteiger partial charge < -0.3 is 4.90 Å². The summed E-state index contributed by atoms with van der Waals surface area (Å²) in [4.78, 5) is 22.4. The first kappa shape index (κ1) is 19.9. The average molecular weight is 399 g/mol. The van der Waals surface area contributed by atoms with Crippen LogP contribution in [0.15, 0.2) is 66.7 Å². The highest BCUT2D eigenvalue weighted by Gasteiger charge is 2.14. The van der Waals surface area contributed by atoms with Gasteiger partial charge >= 0.3 is 0 Å². The van der Waals surface area contributed by atoms with Crippen LogP contribution in [0, 0.1) is 31.9 Å². The zero-order valence-electron chi connectivity index (χ0n) is 15.0. The van der Waals surface area contributed by atoms with Crippen LogP contribution in [0.3, 0.4) is 0 Å². The summed E-state index contributed by atoms with van der Waals surface area (Å²) in [6.07, 6.45) is 0. The Bertz CT molecular complexity index is 981. The number of benzene rings is 3. The number of nitrogens with zero attached hydrogens (tertiary/aromatic N) is 3.